The zero-order chi connectivity index (χ0) is 18.1. The van der Waals surface area contributed by atoms with Gasteiger partial charge in [-0.1, -0.05) is 43.1 Å². The molecule has 0 amide bonds. The standard InChI is InChI=1S/C21H20ClNO3/c1-2-5-14-10-20(24)26-21-16(14)8-9-19-17(21)12-23(13-25-19)11-15-6-3-4-7-18(15)22/h3-4,6-10H,2,5,11-13H2,1H3/p+1. The molecule has 3 aromatic rings. The minimum atomic E-state index is -0.299. The number of quaternary nitrogens is 1. The van der Waals surface area contributed by atoms with E-state index in [1.807, 2.05) is 36.4 Å². The summed E-state index contributed by atoms with van der Waals surface area (Å²) in [6, 6.07) is 13.5. The highest BCUT2D eigenvalue weighted by Gasteiger charge is 2.25. The number of nitrogens with one attached hydrogen (secondary N) is 1. The molecule has 1 aromatic heterocycles. The molecule has 1 atom stereocenters. The van der Waals surface area contributed by atoms with Crippen molar-refractivity contribution in [1.29, 1.82) is 0 Å². The third kappa shape index (κ3) is 3.22. The Morgan fingerprint density at radius 1 is 1.15 bits per heavy atom. The number of ether oxygens (including phenoxy) is 1. The lowest BCUT2D eigenvalue weighted by Crippen LogP contribution is -3.10. The molecule has 1 aliphatic rings. The molecule has 0 saturated heterocycles. The molecular weight excluding hydrogens is 350 g/mol. The number of aryl methyl sites for hydroxylation is 1. The van der Waals surface area contributed by atoms with Crippen LogP contribution in [0.15, 0.2) is 51.7 Å². The van der Waals surface area contributed by atoms with Gasteiger partial charge in [0.2, 0.25) is 6.73 Å². The Hall–Kier alpha value is -2.30. The predicted molar refractivity (Wildman–Crippen MR) is 102 cm³/mol. The molecule has 0 saturated carbocycles. The first kappa shape index (κ1) is 17.1. The van der Waals surface area contributed by atoms with Gasteiger partial charge in [-0.25, -0.2) is 4.79 Å². The van der Waals surface area contributed by atoms with Gasteiger partial charge < -0.3 is 9.15 Å². The Bertz CT molecular complexity index is 1010. The second kappa shape index (κ2) is 7.14. The molecule has 4 nitrogen and oxygen atoms in total. The smallest absolute Gasteiger partial charge is 0.336 e. The molecule has 0 aliphatic carbocycles. The molecule has 134 valence electrons. The highest BCUT2D eigenvalue weighted by atomic mass is 35.5. The summed E-state index contributed by atoms with van der Waals surface area (Å²) in [6.45, 7) is 4.16. The van der Waals surface area contributed by atoms with E-state index in [2.05, 4.69) is 6.92 Å². The molecule has 1 N–H and O–H groups in total. The van der Waals surface area contributed by atoms with Crippen molar-refractivity contribution in [2.24, 2.45) is 0 Å². The van der Waals surface area contributed by atoms with Crippen LogP contribution >= 0.6 is 11.6 Å². The summed E-state index contributed by atoms with van der Waals surface area (Å²) in [5.41, 5.74) is 3.46. The fourth-order valence-electron chi connectivity index (χ4n) is 3.61. The maximum absolute atomic E-state index is 12.1. The predicted octanol–water partition coefficient (Wildman–Crippen LogP) is 3.33. The summed E-state index contributed by atoms with van der Waals surface area (Å²) in [6.07, 6.45) is 1.84. The van der Waals surface area contributed by atoms with Gasteiger partial charge in [-0.3, -0.25) is 4.90 Å². The van der Waals surface area contributed by atoms with Gasteiger partial charge in [0.1, 0.15) is 18.8 Å². The van der Waals surface area contributed by atoms with E-state index < -0.39 is 0 Å². The van der Waals surface area contributed by atoms with Crippen LogP contribution in [-0.2, 0) is 19.5 Å². The Balaban J connectivity index is 1.72. The van der Waals surface area contributed by atoms with Crippen molar-refractivity contribution in [3.63, 3.8) is 0 Å². The first-order chi connectivity index (χ1) is 12.7. The van der Waals surface area contributed by atoms with Crippen molar-refractivity contribution in [2.75, 3.05) is 6.73 Å². The lowest BCUT2D eigenvalue weighted by Gasteiger charge is -2.27. The second-order valence-corrected chi connectivity index (χ2v) is 7.15. The number of benzene rings is 2. The van der Waals surface area contributed by atoms with Crippen LogP contribution in [0.5, 0.6) is 5.75 Å². The van der Waals surface area contributed by atoms with Crippen LogP contribution in [-0.4, -0.2) is 6.73 Å². The summed E-state index contributed by atoms with van der Waals surface area (Å²) in [7, 11) is 0. The molecule has 5 heteroatoms. The Morgan fingerprint density at radius 3 is 2.81 bits per heavy atom. The van der Waals surface area contributed by atoms with E-state index in [4.69, 9.17) is 20.8 Å². The molecule has 0 spiro atoms. The molecule has 0 fully saturated rings. The van der Waals surface area contributed by atoms with E-state index in [-0.39, 0.29) is 5.63 Å². The fraction of sp³-hybridized carbons (Fsp3) is 0.286. The van der Waals surface area contributed by atoms with Crippen molar-refractivity contribution in [2.45, 2.75) is 32.9 Å². The number of hydrogen-bond donors (Lipinski definition) is 1. The topological polar surface area (TPSA) is 43.9 Å². The van der Waals surface area contributed by atoms with Crippen LogP contribution in [0.25, 0.3) is 11.0 Å². The highest BCUT2D eigenvalue weighted by molar-refractivity contribution is 6.31. The van der Waals surface area contributed by atoms with Gasteiger partial charge in [-0.05, 0) is 30.2 Å². The molecule has 2 heterocycles. The van der Waals surface area contributed by atoms with Gasteiger partial charge in [0, 0.05) is 22.0 Å². The molecular formula is C21H21ClNO3+. The van der Waals surface area contributed by atoms with Crippen molar-refractivity contribution in [3.05, 3.63) is 74.6 Å². The van der Waals surface area contributed by atoms with E-state index in [0.29, 0.717) is 12.3 Å². The van der Waals surface area contributed by atoms with Crippen molar-refractivity contribution >= 4 is 22.6 Å². The van der Waals surface area contributed by atoms with Crippen LogP contribution in [0.4, 0.5) is 0 Å². The van der Waals surface area contributed by atoms with E-state index in [0.717, 1.165) is 58.8 Å². The average Bonchev–Trinajstić information content (AvgIpc) is 2.64. The van der Waals surface area contributed by atoms with E-state index in [1.54, 1.807) is 6.07 Å². The number of halogens is 1. The van der Waals surface area contributed by atoms with Gasteiger partial charge in [0.15, 0.2) is 5.58 Å². The van der Waals surface area contributed by atoms with Crippen molar-refractivity contribution in [1.82, 2.24) is 0 Å². The summed E-state index contributed by atoms with van der Waals surface area (Å²) in [5, 5.41) is 1.77. The van der Waals surface area contributed by atoms with Crippen LogP contribution < -0.4 is 15.3 Å². The lowest BCUT2D eigenvalue weighted by molar-refractivity contribution is -0.945. The van der Waals surface area contributed by atoms with Gasteiger partial charge >= 0.3 is 5.63 Å². The Morgan fingerprint density at radius 2 is 2.00 bits per heavy atom. The largest absolute Gasteiger partial charge is 0.445 e. The maximum Gasteiger partial charge on any atom is 0.336 e. The summed E-state index contributed by atoms with van der Waals surface area (Å²) in [4.78, 5) is 13.3. The monoisotopic (exact) mass is 370 g/mol. The highest BCUT2D eigenvalue weighted by Crippen LogP contribution is 2.30. The Kier molecular flexibility index (Phi) is 4.70. The summed E-state index contributed by atoms with van der Waals surface area (Å²) in [5.74, 6) is 0.803. The minimum absolute atomic E-state index is 0.299. The zero-order valence-electron chi connectivity index (χ0n) is 14.7. The summed E-state index contributed by atoms with van der Waals surface area (Å²) < 4.78 is 11.5. The van der Waals surface area contributed by atoms with Crippen LogP contribution in [0.1, 0.15) is 30.0 Å². The molecule has 1 aliphatic heterocycles. The summed E-state index contributed by atoms with van der Waals surface area (Å²) >= 11 is 6.30. The average molecular weight is 371 g/mol. The zero-order valence-corrected chi connectivity index (χ0v) is 15.4. The minimum Gasteiger partial charge on any atom is -0.445 e. The SMILES string of the molecule is CCCc1cc(=O)oc2c3c(ccc12)OC[NH+](Cc1ccccc1Cl)C3. The third-order valence-electron chi connectivity index (χ3n) is 4.83. The van der Waals surface area contributed by atoms with E-state index in [9.17, 15) is 4.79 Å². The van der Waals surface area contributed by atoms with Crippen LogP contribution in [0.3, 0.4) is 0 Å². The third-order valence-corrected chi connectivity index (χ3v) is 5.20. The second-order valence-electron chi connectivity index (χ2n) is 6.74. The normalized spacial score (nSPS) is 16.3. The number of rotatable bonds is 4. The Labute approximate surface area is 156 Å². The van der Waals surface area contributed by atoms with Crippen LogP contribution in [0.2, 0.25) is 5.02 Å². The van der Waals surface area contributed by atoms with Crippen molar-refractivity contribution in [3.8, 4) is 5.75 Å². The van der Waals surface area contributed by atoms with E-state index in [1.165, 1.54) is 4.90 Å². The lowest BCUT2D eigenvalue weighted by atomic mass is 10.0. The molecule has 0 radical (unpaired) electrons. The van der Waals surface area contributed by atoms with Gasteiger partial charge in [-0.15, -0.1) is 0 Å². The van der Waals surface area contributed by atoms with E-state index >= 15 is 0 Å². The van der Waals surface area contributed by atoms with Gasteiger partial charge in [0.25, 0.3) is 0 Å². The molecule has 1 unspecified atom stereocenters. The molecule has 2 aromatic carbocycles. The first-order valence-electron chi connectivity index (χ1n) is 8.94. The quantitative estimate of drug-likeness (QED) is 0.716. The van der Waals surface area contributed by atoms with Crippen molar-refractivity contribution < 1.29 is 14.1 Å². The number of hydrogen-bond acceptors (Lipinski definition) is 3. The van der Waals surface area contributed by atoms with Crippen LogP contribution in [0, 0.1) is 0 Å². The number of fused-ring (bicyclic) bond motifs is 3. The van der Waals surface area contributed by atoms with Gasteiger partial charge in [0.05, 0.1) is 5.56 Å². The fourth-order valence-corrected chi connectivity index (χ4v) is 3.82. The molecule has 0 bridgehead atoms. The first-order valence-corrected chi connectivity index (χ1v) is 9.32. The molecule has 4 rings (SSSR count). The van der Waals surface area contributed by atoms with Gasteiger partial charge in [-0.2, -0.15) is 0 Å². The maximum atomic E-state index is 12.1. The molecule has 26 heavy (non-hydrogen) atoms.